The van der Waals surface area contributed by atoms with Crippen LogP contribution in [-0.2, 0) is 27.3 Å². The van der Waals surface area contributed by atoms with Crippen molar-refractivity contribution in [2.75, 3.05) is 13.2 Å². The van der Waals surface area contributed by atoms with E-state index in [0.717, 1.165) is 24.8 Å². The molecule has 1 rings (SSSR count). The van der Waals surface area contributed by atoms with E-state index in [1.54, 1.807) is 0 Å². The molecular formula is C26H40O3. The van der Waals surface area contributed by atoms with Crippen LogP contribution >= 0.6 is 0 Å². The van der Waals surface area contributed by atoms with Crippen molar-refractivity contribution < 1.29 is 14.3 Å². The Morgan fingerprint density at radius 3 is 2.17 bits per heavy atom. The molecule has 0 fully saturated rings. The molecule has 0 saturated heterocycles. The molecule has 0 aromatic heterocycles. The van der Waals surface area contributed by atoms with Crippen LogP contribution in [0.2, 0.25) is 0 Å². The van der Waals surface area contributed by atoms with Crippen LogP contribution in [0.3, 0.4) is 0 Å². The highest BCUT2D eigenvalue weighted by Crippen LogP contribution is 2.10. The maximum atomic E-state index is 11.3. The standard InChI is InChI=1S/C26H40O3/c1-3-5-6-7-8-9-10-11-12-13-14-22-28-23-25-20-18-24(19-21-25)16-15-17-26(27)29-4-2/h18-21H,3-12,15-17,22-23H2,1-2H3. The van der Waals surface area contributed by atoms with Gasteiger partial charge in [-0.05, 0) is 37.3 Å². The summed E-state index contributed by atoms with van der Waals surface area (Å²) in [6.45, 7) is 5.64. The monoisotopic (exact) mass is 400 g/mol. The van der Waals surface area contributed by atoms with Crippen molar-refractivity contribution in [3.05, 3.63) is 35.4 Å². The van der Waals surface area contributed by atoms with Crippen molar-refractivity contribution in [1.82, 2.24) is 0 Å². The molecule has 0 heterocycles. The van der Waals surface area contributed by atoms with E-state index < -0.39 is 0 Å². The molecule has 1 aromatic carbocycles. The Morgan fingerprint density at radius 2 is 1.48 bits per heavy atom. The van der Waals surface area contributed by atoms with E-state index in [9.17, 15) is 4.79 Å². The predicted molar refractivity (Wildman–Crippen MR) is 121 cm³/mol. The van der Waals surface area contributed by atoms with E-state index >= 15 is 0 Å². The smallest absolute Gasteiger partial charge is 0.305 e. The highest BCUT2D eigenvalue weighted by molar-refractivity contribution is 5.69. The van der Waals surface area contributed by atoms with Crippen LogP contribution in [-0.4, -0.2) is 19.2 Å². The van der Waals surface area contributed by atoms with Gasteiger partial charge >= 0.3 is 5.97 Å². The average molecular weight is 401 g/mol. The highest BCUT2D eigenvalue weighted by Gasteiger charge is 2.02. The third-order valence-corrected chi connectivity index (χ3v) is 4.90. The second-order valence-corrected chi connectivity index (χ2v) is 7.55. The Bertz CT molecular complexity index is 580. The number of hydrogen-bond acceptors (Lipinski definition) is 3. The zero-order valence-corrected chi connectivity index (χ0v) is 18.6. The maximum Gasteiger partial charge on any atom is 0.305 e. The molecule has 0 aliphatic carbocycles. The van der Waals surface area contributed by atoms with Gasteiger partial charge in [-0.1, -0.05) is 82.1 Å². The summed E-state index contributed by atoms with van der Waals surface area (Å²) < 4.78 is 10.6. The fourth-order valence-electron chi connectivity index (χ4n) is 3.18. The minimum absolute atomic E-state index is 0.110. The van der Waals surface area contributed by atoms with Crippen LogP contribution in [0.25, 0.3) is 0 Å². The summed E-state index contributed by atoms with van der Waals surface area (Å²) in [6, 6.07) is 8.40. The molecule has 0 unspecified atom stereocenters. The second-order valence-electron chi connectivity index (χ2n) is 7.55. The second kappa shape index (κ2) is 18.3. The van der Waals surface area contributed by atoms with Gasteiger partial charge in [0.2, 0.25) is 0 Å². The molecule has 0 saturated carbocycles. The van der Waals surface area contributed by atoms with E-state index in [1.165, 1.54) is 56.9 Å². The summed E-state index contributed by atoms with van der Waals surface area (Å²) in [4.78, 5) is 11.3. The molecule has 0 N–H and O–H groups in total. The van der Waals surface area contributed by atoms with Crippen molar-refractivity contribution in [1.29, 1.82) is 0 Å². The van der Waals surface area contributed by atoms with Gasteiger partial charge in [0.25, 0.3) is 0 Å². The number of benzene rings is 1. The summed E-state index contributed by atoms with van der Waals surface area (Å²) in [7, 11) is 0. The van der Waals surface area contributed by atoms with Gasteiger partial charge in [-0.25, -0.2) is 0 Å². The average Bonchev–Trinajstić information content (AvgIpc) is 2.73. The number of hydrogen-bond donors (Lipinski definition) is 0. The molecular weight excluding hydrogens is 360 g/mol. The Balaban J connectivity index is 2.02. The van der Waals surface area contributed by atoms with Gasteiger partial charge in [-0.3, -0.25) is 4.79 Å². The van der Waals surface area contributed by atoms with Crippen molar-refractivity contribution in [2.24, 2.45) is 0 Å². The Morgan fingerprint density at radius 1 is 0.828 bits per heavy atom. The van der Waals surface area contributed by atoms with E-state index in [2.05, 4.69) is 43.0 Å². The van der Waals surface area contributed by atoms with Gasteiger partial charge in [0.15, 0.2) is 0 Å². The third kappa shape index (κ3) is 14.8. The zero-order valence-electron chi connectivity index (χ0n) is 18.6. The molecule has 0 atom stereocenters. The van der Waals surface area contributed by atoms with Crippen molar-refractivity contribution in [2.45, 2.75) is 97.5 Å². The van der Waals surface area contributed by atoms with Crippen molar-refractivity contribution in [3.63, 3.8) is 0 Å². The topological polar surface area (TPSA) is 35.5 Å². The van der Waals surface area contributed by atoms with Gasteiger partial charge in [-0.2, -0.15) is 0 Å². The summed E-state index contributed by atoms with van der Waals surface area (Å²) in [5, 5.41) is 0. The SMILES string of the molecule is CCCCCCCCCCC#CCOCc1ccc(CCCC(=O)OCC)cc1. The van der Waals surface area contributed by atoms with Crippen LogP contribution in [0.5, 0.6) is 0 Å². The quantitative estimate of drug-likeness (QED) is 0.178. The summed E-state index contributed by atoms with van der Waals surface area (Å²) in [6.07, 6.45) is 13.9. The molecule has 0 aliphatic heterocycles. The van der Waals surface area contributed by atoms with Gasteiger partial charge < -0.3 is 9.47 Å². The summed E-state index contributed by atoms with van der Waals surface area (Å²) in [5.41, 5.74) is 2.40. The zero-order chi connectivity index (χ0) is 21.0. The maximum absolute atomic E-state index is 11.3. The lowest BCUT2D eigenvalue weighted by Gasteiger charge is -2.05. The van der Waals surface area contributed by atoms with Crippen LogP contribution < -0.4 is 0 Å². The van der Waals surface area contributed by atoms with Crippen LogP contribution in [0, 0.1) is 11.8 Å². The molecule has 0 aliphatic rings. The van der Waals surface area contributed by atoms with Gasteiger partial charge in [0.1, 0.15) is 6.61 Å². The van der Waals surface area contributed by atoms with Crippen LogP contribution in [0.4, 0.5) is 0 Å². The van der Waals surface area contributed by atoms with Gasteiger partial charge in [0.05, 0.1) is 13.2 Å². The first kappa shape index (κ1) is 25.2. The number of esters is 1. The van der Waals surface area contributed by atoms with Crippen molar-refractivity contribution in [3.8, 4) is 11.8 Å². The first-order valence-corrected chi connectivity index (χ1v) is 11.5. The predicted octanol–water partition coefficient (Wildman–Crippen LogP) is 6.62. The lowest BCUT2D eigenvalue weighted by Crippen LogP contribution is -2.04. The number of carbonyl (C=O) groups is 1. The first-order chi connectivity index (χ1) is 14.3. The molecule has 0 radical (unpaired) electrons. The van der Waals surface area contributed by atoms with Gasteiger partial charge in [0, 0.05) is 12.8 Å². The number of rotatable bonds is 16. The summed E-state index contributed by atoms with van der Waals surface area (Å²) >= 11 is 0. The van der Waals surface area contributed by atoms with Crippen LogP contribution in [0.1, 0.15) is 95.6 Å². The van der Waals surface area contributed by atoms with Crippen molar-refractivity contribution >= 4 is 5.97 Å². The largest absolute Gasteiger partial charge is 0.466 e. The molecule has 0 bridgehead atoms. The molecule has 162 valence electrons. The lowest BCUT2D eigenvalue weighted by molar-refractivity contribution is -0.143. The number of ether oxygens (including phenoxy) is 2. The Hall–Kier alpha value is -1.79. The fourth-order valence-corrected chi connectivity index (χ4v) is 3.18. The van der Waals surface area contributed by atoms with E-state index in [-0.39, 0.29) is 5.97 Å². The minimum Gasteiger partial charge on any atom is -0.466 e. The molecule has 3 heteroatoms. The Labute approximate surface area is 178 Å². The molecule has 29 heavy (non-hydrogen) atoms. The van der Waals surface area contributed by atoms with Gasteiger partial charge in [-0.15, -0.1) is 5.92 Å². The lowest BCUT2D eigenvalue weighted by atomic mass is 10.1. The number of aryl methyl sites for hydroxylation is 1. The normalized spacial score (nSPS) is 10.4. The molecule has 1 aromatic rings. The molecule has 0 spiro atoms. The molecule has 0 amide bonds. The summed E-state index contributed by atoms with van der Waals surface area (Å²) in [5.74, 6) is 6.23. The van der Waals surface area contributed by atoms with E-state index in [4.69, 9.17) is 9.47 Å². The van der Waals surface area contributed by atoms with E-state index in [1.807, 2.05) is 6.92 Å². The highest BCUT2D eigenvalue weighted by atomic mass is 16.5. The van der Waals surface area contributed by atoms with E-state index in [0.29, 0.717) is 26.2 Å². The minimum atomic E-state index is -0.110. The molecule has 3 nitrogen and oxygen atoms in total. The first-order valence-electron chi connectivity index (χ1n) is 11.5. The Kier molecular flexibility index (Phi) is 15.9. The van der Waals surface area contributed by atoms with Crippen LogP contribution in [0.15, 0.2) is 24.3 Å². The fraction of sp³-hybridized carbons (Fsp3) is 0.654. The number of carbonyl (C=O) groups excluding carboxylic acids is 1. The third-order valence-electron chi connectivity index (χ3n) is 4.90. The number of unbranched alkanes of at least 4 members (excludes halogenated alkanes) is 8.